The Labute approximate surface area is 109 Å². The van der Waals surface area contributed by atoms with Crippen LogP contribution in [0.5, 0.6) is 5.75 Å². The molecule has 0 aromatic heterocycles. The van der Waals surface area contributed by atoms with Gasteiger partial charge in [-0.05, 0) is 34.8 Å². The van der Waals surface area contributed by atoms with Crippen molar-refractivity contribution in [3.05, 3.63) is 42.0 Å². The largest absolute Gasteiger partial charge is 0.508 e. The van der Waals surface area contributed by atoms with Crippen LogP contribution in [0.2, 0.25) is 0 Å². The molecule has 0 saturated heterocycles. The maximum atomic E-state index is 9.38. The van der Waals surface area contributed by atoms with E-state index in [2.05, 4.69) is 0 Å². The lowest BCUT2D eigenvalue weighted by molar-refractivity contribution is 0.476. The second-order valence-electron chi connectivity index (χ2n) is 2.84. The van der Waals surface area contributed by atoms with Crippen LogP contribution in [0.3, 0.4) is 0 Å². The number of phenolic OH excluding ortho intramolecular Hbond substituents is 1. The highest BCUT2D eigenvalue weighted by molar-refractivity contribution is 5.87. The number of aryl methyl sites for hydroxylation is 1. The molecule has 1 nitrogen and oxygen atoms in total. The van der Waals surface area contributed by atoms with Gasteiger partial charge in [0, 0.05) is 6.85 Å². The van der Waals surface area contributed by atoms with Crippen molar-refractivity contribution in [2.45, 2.75) is 13.2 Å². The fourth-order valence-electron chi connectivity index (χ4n) is 1.38. The summed E-state index contributed by atoms with van der Waals surface area (Å²) in [5.74, 6) is 0.0640. The van der Waals surface area contributed by atoms with E-state index in [1.54, 1.807) is 12.1 Å². The molecule has 0 saturated carbocycles. The molecule has 2 aromatic carbocycles. The molecular weight excluding hydrogens is 231 g/mol. The third-order valence-electron chi connectivity index (χ3n) is 2.00. The Kier molecular flexibility index (Phi) is 2.87. The minimum atomic E-state index is -2.74. The Bertz CT molecular complexity index is 598. The number of hydrogen-bond acceptors (Lipinski definition) is 1. The summed E-state index contributed by atoms with van der Waals surface area (Å²) in [5, 5.41) is 10.5. The standard InChI is InChI=1S/C12H12O.2ClH/c1-2-9-4-3-5-10-8-11(13)6-7-12(9)10;;/h3-8,13H,2H2,1H3;2*1H/i1D3,2D2;;. The van der Waals surface area contributed by atoms with Gasteiger partial charge in [0.25, 0.3) is 0 Å². The van der Waals surface area contributed by atoms with E-state index in [0.29, 0.717) is 10.8 Å². The Morgan fingerprint density at radius 1 is 1.27 bits per heavy atom. The van der Waals surface area contributed by atoms with Crippen LogP contribution in [0, 0.1) is 0 Å². The van der Waals surface area contributed by atoms with Crippen LogP contribution in [0.4, 0.5) is 0 Å². The number of hydrogen-bond donors (Lipinski definition) is 1. The van der Waals surface area contributed by atoms with Gasteiger partial charge in [0.2, 0.25) is 0 Å². The molecule has 0 bridgehead atoms. The van der Waals surface area contributed by atoms with E-state index in [9.17, 15) is 5.11 Å². The lowest BCUT2D eigenvalue weighted by Crippen LogP contribution is -1.82. The predicted octanol–water partition coefficient (Wildman–Crippen LogP) is 3.95. The summed E-state index contributed by atoms with van der Waals surface area (Å²) in [6, 6.07) is 9.18. The monoisotopic (exact) mass is 249 g/mol. The Hall–Kier alpha value is -0.920. The number of aromatic hydroxyl groups is 1. The molecule has 0 amide bonds. The van der Waals surface area contributed by atoms with Gasteiger partial charge in [0.05, 0.1) is 0 Å². The summed E-state index contributed by atoms with van der Waals surface area (Å²) in [4.78, 5) is 0. The molecule has 2 aromatic rings. The van der Waals surface area contributed by atoms with Gasteiger partial charge in [0.1, 0.15) is 5.75 Å². The second-order valence-corrected chi connectivity index (χ2v) is 2.84. The van der Waals surface area contributed by atoms with E-state index in [-0.39, 0.29) is 36.1 Å². The van der Waals surface area contributed by atoms with Gasteiger partial charge in [0.15, 0.2) is 0 Å². The summed E-state index contributed by atoms with van der Waals surface area (Å²) < 4.78 is 37.5. The van der Waals surface area contributed by atoms with Crippen LogP contribution in [-0.4, -0.2) is 5.11 Å². The van der Waals surface area contributed by atoms with E-state index < -0.39 is 13.2 Å². The van der Waals surface area contributed by atoms with Crippen molar-refractivity contribution in [3.8, 4) is 5.75 Å². The van der Waals surface area contributed by atoms with Crippen molar-refractivity contribution >= 4 is 35.6 Å². The van der Waals surface area contributed by atoms with Crippen molar-refractivity contribution in [3.63, 3.8) is 0 Å². The molecule has 1 N–H and O–H groups in total. The van der Waals surface area contributed by atoms with Crippen LogP contribution >= 0.6 is 24.8 Å². The third kappa shape index (κ3) is 2.77. The van der Waals surface area contributed by atoms with Crippen LogP contribution in [0.15, 0.2) is 36.4 Å². The highest BCUT2D eigenvalue weighted by Crippen LogP contribution is 2.23. The van der Waals surface area contributed by atoms with E-state index in [1.807, 2.05) is 0 Å². The molecular formula is C12H14Cl2O. The predicted molar refractivity (Wildman–Crippen MR) is 69.5 cm³/mol. The summed E-state index contributed by atoms with van der Waals surface area (Å²) in [6.45, 7) is -2.74. The number of benzene rings is 2. The van der Waals surface area contributed by atoms with Gasteiger partial charge < -0.3 is 5.11 Å². The first kappa shape index (κ1) is 7.37. The van der Waals surface area contributed by atoms with Gasteiger partial charge in [-0.2, -0.15) is 0 Å². The third-order valence-corrected chi connectivity index (χ3v) is 2.00. The highest BCUT2D eigenvalue weighted by Gasteiger charge is 1.98. The van der Waals surface area contributed by atoms with Crippen LogP contribution in [0.25, 0.3) is 10.8 Å². The first-order valence-electron chi connectivity index (χ1n) is 6.46. The number of fused-ring (bicyclic) bond motifs is 1. The number of rotatable bonds is 1. The lowest BCUT2D eigenvalue weighted by Gasteiger charge is -2.03. The minimum absolute atomic E-state index is 0. The molecule has 0 radical (unpaired) electrons. The van der Waals surface area contributed by atoms with Gasteiger partial charge in [-0.25, -0.2) is 0 Å². The van der Waals surface area contributed by atoms with E-state index >= 15 is 0 Å². The summed E-state index contributed by atoms with van der Waals surface area (Å²) >= 11 is 0. The molecule has 0 fully saturated rings. The van der Waals surface area contributed by atoms with Crippen molar-refractivity contribution < 1.29 is 12.0 Å². The maximum absolute atomic E-state index is 9.38. The van der Waals surface area contributed by atoms with Crippen molar-refractivity contribution in [1.82, 2.24) is 0 Å². The fraction of sp³-hybridized carbons (Fsp3) is 0.167. The maximum Gasteiger partial charge on any atom is 0.116 e. The topological polar surface area (TPSA) is 20.2 Å². The van der Waals surface area contributed by atoms with Crippen LogP contribution < -0.4 is 0 Å². The second kappa shape index (κ2) is 5.84. The van der Waals surface area contributed by atoms with Crippen LogP contribution in [0.1, 0.15) is 19.3 Å². The van der Waals surface area contributed by atoms with Gasteiger partial charge in [-0.15, -0.1) is 24.8 Å². The molecule has 0 aliphatic carbocycles. The first-order valence-corrected chi connectivity index (χ1v) is 3.96. The average molecular weight is 250 g/mol. The van der Waals surface area contributed by atoms with Crippen LogP contribution in [-0.2, 0) is 6.37 Å². The summed E-state index contributed by atoms with van der Waals surface area (Å²) in [6.07, 6.45) is -2.43. The molecule has 0 atom stereocenters. The Morgan fingerprint density at radius 2 is 2.07 bits per heavy atom. The molecule has 0 heterocycles. The molecule has 82 valence electrons. The van der Waals surface area contributed by atoms with Gasteiger partial charge >= 0.3 is 0 Å². The van der Waals surface area contributed by atoms with Gasteiger partial charge in [-0.1, -0.05) is 31.1 Å². The first-order chi connectivity index (χ1) is 8.23. The zero-order valence-electron chi connectivity index (χ0n) is 12.7. The quantitative estimate of drug-likeness (QED) is 0.812. The van der Waals surface area contributed by atoms with Crippen molar-refractivity contribution in [2.24, 2.45) is 0 Å². The lowest BCUT2D eigenvalue weighted by atomic mass is 10.0. The molecule has 0 aliphatic heterocycles. The smallest absolute Gasteiger partial charge is 0.116 e. The molecule has 0 spiro atoms. The highest BCUT2D eigenvalue weighted by atomic mass is 35.5. The Morgan fingerprint density at radius 3 is 2.80 bits per heavy atom. The Balaban J connectivity index is 0.00000180. The molecule has 0 unspecified atom stereocenters. The van der Waals surface area contributed by atoms with Crippen molar-refractivity contribution in [1.29, 1.82) is 0 Å². The molecule has 3 heteroatoms. The SMILES string of the molecule is Cl.Cl.[2H]C([2H])([2H])C([2H])([2H])c1cccc2cc(O)ccc12. The average Bonchev–Trinajstić information content (AvgIpc) is 2.26. The number of phenols is 1. The normalized spacial score (nSPS) is 15.9. The summed E-state index contributed by atoms with van der Waals surface area (Å²) in [7, 11) is 0. The summed E-state index contributed by atoms with van der Waals surface area (Å²) in [5.41, 5.74) is 0.111. The van der Waals surface area contributed by atoms with Crippen molar-refractivity contribution in [2.75, 3.05) is 0 Å². The minimum Gasteiger partial charge on any atom is -0.508 e. The van der Waals surface area contributed by atoms with E-state index in [4.69, 9.17) is 6.85 Å². The molecule has 2 rings (SSSR count). The number of halogens is 2. The molecule has 15 heavy (non-hydrogen) atoms. The zero-order chi connectivity index (χ0) is 13.6. The van der Waals surface area contributed by atoms with Gasteiger partial charge in [-0.3, -0.25) is 0 Å². The van der Waals surface area contributed by atoms with E-state index in [0.717, 1.165) is 0 Å². The van der Waals surface area contributed by atoms with E-state index in [1.165, 1.54) is 24.3 Å². The fourth-order valence-corrected chi connectivity index (χ4v) is 1.38. The zero-order valence-corrected chi connectivity index (χ0v) is 9.36. The molecule has 0 aliphatic rings.